The van der Waals surface area contributed by atoms with Crippen LogP contribution in [0, 0.1) is 10.1 Å². The average Bonchev–Trinajstić information content (AvgIpc) is 2.46. The molecule has 0 radical (unpaired) electrons. The van der Waals surface area contributed by atoms with Gasteiger partial charge in [-0.2, -0.15) is 0 Å². The van der Waals surface area contributed by atoms with E-state index in [0.717, 1.165) is 12.8 Å². The van der Waals surface area contributed by atoms with Crippen molar-refractivity contribution in [3.63, 3.8) is 0 Å². The fraction of sp³-hybridized carbons (Fsp3) is 0.500. The lowest BCUT2D eigenvalue weighted by atomic mass is 10.1. The second-order valence-corrected chi connectivity index (χ2v) is 4.38. The van der Waals surface area contributed by atoms with Crippen LogP contribution in [0.25, 0.3) is 0 Å². The van der Waals surface area contributed by atoms with Crippen molar-refractivity contribution in [3.05, 3.63) is 33.9 Å². The van der Waals surface area contributed by atoms with Crippen molar-refractivity contribution in [3.8, 4) is 5.75 Å². The number of unbranched alkanes of at least 4 members (excludes halogenated alkanes) is 1. The molecule has 1 amide bonds. The SMILES string of the molecule is CCCCN(CC)C(=O)c1ccc(OC)c([N+](=O)[O-])c1. The molecule has 0 saturated heterocycles. The second kappa shape index (κ2) is 7.47. The van der Waals surface area contributed by atoms with Gasteiger partial charge >= 0.3 is 5.69 Å². The third kappa shape index (κ3) is 3.69. The van der Waals surface area contributed by atoms with Gasteiger partial charge in [-0.1, -0.05) is 13.3 Å². The standard InChI is InChI=1S/C14H20N2O4/c1-4-6-9-15(5-2)14(17)11-7-8-13(20-3)12(10-11)16(18)19/h7-8,10H,4-6,9H2,1-3H3. The second-order valence-electron chi connectivity index (χ2n) is 4.38. The summed E-state index contributed by atoms with van der Waals surface area (Å²) in [5.74, 6) is -0.0325. The highest BCUT2D eigenvalue weighted by Crippen LogP contribution is 2.28. The van der Waals surface area contributed by atoms with E-state index in [1.54, 1.807) is 11.0 Å². The maximum absolute atomic E-state index is 12.3. The number of nitro benzene ring substituents is 1. The van der Waals surface area contributed by atoms with Gasteiger partial charge in [0.25, 0.3) is 5.91 Å². The van der Waals surface area contributed by atoms with Gasteiger partial charge in [-0.25, -0.2) is 0 Å². The van der Waals surface area contributed by atoms with Gasteiger partial charge in [-0.05, 0) is 25.5 Å². The maximum Gasteiger partial charge on any atom is 0.311 e. The fourth-order valence-corrected chi connectivity index (χ4v) is 1.90. The molecule has 0 aliphatic carbocycles. The quantitative estimate of drug-likeness (QED) is 0.568. The number of hydrogen-bond acceptors (Lipinski definition) is 4. The highest BCUT2D eigenvalue weighted by molar-refractivity contribution is 5.95. The van der Waals surface area contributed by atoms with Crippen molar-refractivity contribution < 1.29 is 14.5 Å². The van der Waals surface area contributed by atoms with Gasteiger partial charge in [0.15, 0.2) is 5.75 Å². The van der Waals surface area contributed by atoms with Crippen LogP contribution in [0.3, 0.4) is 0 Å². The number of carbonyl (C=O) groups excluding carboxylic acids is 1. The van der Waals surface area contributed by atoms with E-state index in [0.29, 0.717) is 18.7 Å². The Morgan fingerprint density at radius 1 is 1.40 bits per heavy atom. The molecule has 0 N–H and O–H groups in total. The summed E-state index contributed by atoms with van der Waals surface area (Å²) in [4.78, 5) is 24.4. The molecule has 1 aromatic rings. The Labute approximate surface area is 118 Å². The summed E-state index contributed by atoms with van der Waals surface area (Å²) < 4.78 is 4.93. The highest BCUT2D eigenvalue weighted by Gasteiger charge is 2.20. The minimum absolute atomic E-state index is 0.156. The van der Waals surface area contributed by atoms with Crippen LogP contribution in [0.15, 0.2) is 18.2 Å². The number of carbonyl (C=O) groups is 1. The van der Waals surface area contributed by atoms with Crippen molar-refractivity contribution in [2.75, 3.05) is 20.2 Å². The number of hydrogen-bond donors (Lipinski definition) is 0. The molecular weight excluding hydrogens is 260 g/mol. The molecule has 0 aliphatic heterocycles. The fourth-order valence-electron chi connectivity index (χ4n) is 1.90. The van der Waals surface area contributed by atoms with Crippen LogP contribution in [0.2, 0.25) is 0 Å². The molecule has 110 valence electrons. The molecule has 0 aromatic heterocycles. The molecule has 0 bridgehead atoms. The highest BCUT2D eigenvalue weighted by atomic mass is 16.6. The molecule has 0 fully saturated rings. The number of nitrogens with zero attached hydrogens (tertiary/aromatic N) is 2. The minimum atomic E-state index is -0.544. The zero-order valence-corrected chi connectivity index (χ0v) is 12.1. The Bertz CT molecular complexity index is 488. The lowest BCUT2D eigenvalue weighted by Crippen LogP contribution is -2.31. The van der Waals surface area contributed by atoms with Crippen LogP contribution in [-0.2, 0) is 0 Å². The Morgan fingerprint density at radius 2 is 2.10 bits per heavy atom. The Morgan fingerprint density at radius 3 is 2.60 bits per heavy atom. The smallest absolute Gasteiger partial charge is 0.311 e. The molecule has 0 spiro atoms. The molecule has 1 aromatic carbocycles. The topological polar surface area (TPSA) is 72.7 Å². The molecule has 0 unspecified atom stereocenters. The molecule has 1 rings (SSSR count). The molecule has 0 saturated carbocycles. The van der Waals surface area contributed by atoms with E-state index >= 15 is 0 Å². The minimum Gasteiger partial charge on any atom is -0.490 e. The number of nitro groups is 1. The average molecular weight is 280 g/mol. The van der Waals surface area contributed by atoms with Gasteiger partial charge in [0, 0.05) is 24.7 Å². The van der Waals surface area contributed by atoms with Gasteiger partial charge < -0.3 is 9.64 Å². The first kappa shape index (κ1) is 15.9. The van der Waals surface area contributed by atoms with Crippen LogP contribution < -0.4 is 4.74 Å². The molecule has 0 aliphatic rings. The van der Waals surface area contributed by atoms with Crippen LogP contribution in [0.1, 0.15) is 37.0 Å². The monoisotopic (exact) mass is 280 g/mol. The molecule has 0 atom stereocenters. The van der Waals surface area contributed by atoms with E-state index in [1.165, 1.54) is 19.2 Å². The van der Waals surface area contributed by atoms with Gasteiger partial charge in [0.1, 0.15) is 0 Å². The molecular formula is C14H20N2O4. The van der Waals surface area contributed by atoms with Gasteiger partial charge in [-0.3, -0.25) is 14.9 Å². The van der Waals surface area contributed by atoms with Gasteiger partial charge in [0.05, 0.1) is 12.0 Å². The van der Waals surface area contributed by atoms with E-state index in [2.05, 4.69) is 6.92 Å². The van der Waals surface area contributed by atoms with Crippen molar-refractivity contribution in [1.29, 1.82) is 0 Å². The van der Waals surface area contributed by atoms with E-state index in [9.17, 15) is 14.9 Å². The van der Waals surface area contributed by atoms with Crippen molar-refractivity contribution in [2.24, 2.45) is 0 Å². The Balaban J connectivity index is 3.03. The predicted octanol–water partition coefficient (Wildman–Crippen LogP) is 2.87. The molecule has 6 heteroatoms. The summed E-state index contributed by atoms with van der Waals surface area (Å²) in [6.07, 6.45) is 1.91. The summed E-state index contributed by atoms with van der Waals surface area (Å²) in [6.45, 7) is 5.19. The van der Waals surface area contributed by atoms with Crippen LogP contribution in [0.5, 0.6) is 5.75 Å². The zero-order chi connectivity index (χ0) is 15.1. The Hall–Kier alpha value is -2.11. The summed E-state index contributed by atoms with van der Waals surface area (Å²) in [5.41, 5.74) is 0.125. The molecule has 0 heterocycles. The zero-order valence-electron chi connectivity index (χ0n) is 12.1. The first-order valence-corrected chi connectivity index (χ1v) is 6.66. The number of amides is 1. The first-order valence-electron chi connectivity index (χ1n) is 6.66. The first-order chi connectivity index (χ1) is 9.54. The lowest BCUT2D eigenvalue weighted by Gasteiger charge is -2.20. The van der Waals surface area contributed by atoms with Crippen molar-refractivity contribution >= 4 is 11.6 Å². The van der Waals surface area contributed by atoms with E-state index in [1.807, 2.05) is 6.92 Å². The third-order valence-corrected chi connectivity index (χ3v) is 3.07. The van der Waals surface area contributed by atoms with Crippen molar-refractivity contribution in [1.82, 2.24) is 4.90 Å². The van der Waals surface area contributed by atoms with Crippen LogP contribution >= 0.6 is 0 Å². The van der Waals surface area contributed by atoms with Crippen LogP contribution in [-0.4, -0.2) is 35.9 Å². The summed E-state index contributed by atoms with van der Waals surface area (Å²) in [7, 11) is 1.36. The number of methoxy groups -OCH3 is 1. The Kier molecular flexibility index (Phi) is 5.96. The van der Waals surface area contributed by atoms with Gasteiger partial charge in [0.2, 0.25) is 0 Å². The largest absolute Gasteiger partial charge is 0.490 e. The number of rotatable bonds is 7. The summed E-state index contributed by atoms with van der Waals surface area (Å²) >= 11 is 0. The number of ether oxygens (including phenoxy) is 1. The van der Waals surface area contributed by atoms with E-state index in [-0.39, 0.29) is 17.3 Å². The summed E-state index contributed by atoms with van der Waals surface area (Å²) in [6, 6.07) is 4.29. The normalized spacial score (nSPS) is 10.2. The maximum atomic E-state index is 12.3. The summed E-state index contributed by atoms with van der Waals surface area (Å²) in [5, 5.41) is 11.0. The van der Waals surface area contributed by atoms with Gasteiger partial charge in [-0.15, -0.1) is 0 Å². The van der Waals surface area contributed by atoms with Crippen molar-refractivity contribution in [2.45, 2.75) is 26.7 Å². The lowest BCUT2D eigenvalue weighted by molar-refractivity contribution is -0.385. The van der Waals surface area contributed by atoms with E-state index < -0.39 is 4.92 Å². The third-order valence-electron chi connectivity index (χ3n) is 3.07. The molecule has 20 heavy (non-hydrogen) atoms. The predicted molar refractivity (Wildman–Crippen MR) is 76.1 cm³/mol. The van der Waals surface area contributed by atoms with Crippen LogP contribution in [0.4, 0.5) is 5.69 Å². The molecule has 6 nitrogen and oxygen atoms in total. The number of benzene rings is 1. The van der Waals surface area contributed by atoms with E-state index in [4.69, 9.17) is 4.74 Å².